The fourth-order valence-electron chi connectivity index (χ4n) is 6.74. The lowest BCUT2D eigenvalue weighted by Gasteiger charge is -2.42. The maximum atomic E-state index is 2.65. The highest BCUT2D eigenvalue weighted by Crippen LogP contribution is 2.65. The minimum atomic E-state index is -1.91. The van der Waals surface area contributed by atoms with E-state index in [2.05, 4.69) is 196 Å². The van der Waals surface area contributed by atoms with Crippen molar-refractivity contribution in [1.29, 1.82) is 0 Å². The van der Waals surface area contributed by atoms with Crippen LogP contribution in [0.4, 0.5) is 0 Å². The summed E-state index contributed by atoms with van der Waals surface area (Å²) >= 11 is 0. The lowest BCUT2D eigenvalue weighted by Crippen LogP contribution is -2.43. The van der Waals surface area contributed by atoms with Gasteiger partial charge in [0.25, 0.3) is 0 Å². The second-order valence-electron chi connectivity index (χ2n) is 11.6. The Labute approximate surface area is 273 Å². The summed E-state index contributed by atoms with van der Waals surface area (Å²) in [5.74, 6) is 0. The molecule has 0 aliphatic carbocycles. The van der Waals surface area contributed by atoms with Crippen molar-refractivity contribution in [2.75, 3.05) is 12.8 Å². The third kappa shape index (κ3) is 7.06. The Morgan fingerprint density at radius 1 is 0.444 bits per heavy atom. The Morgan fingerprint density at radius 2 is 0.756 bits per heavy atom. The second-order valence-corrected chi connectivity index (χ2v) is 20.1. The van der Waals surface area contributed by atoms with E-state index in [1.807, 2.05) is 0 Å². The predicted octanol–water partition coefficient (Wildman–Crippen LogP) is 8.70. The van der Waals surface area contributed by atoms with Crippen LogP contribution >= 0.6 is 23.1 Å². The smallest absolute Gasteiger partial charge is 0.0646 e. The van der Waals surface area contributed by atoms with Crippen LogP contribution < -0.4 is 31.8 Å². The van der Waals surface area contributed by atoms with Crippen LogP contribution in [0.2, 0.25) is 0 Å². The monoisotopic (exact) mass is 639 g/mol. The van der Waals surface area contributed by atoms with E-state index in [0.29, 0.717) is 11.3 Å². The molecule has 6 rings (SSSR count). The van der Waals surface area contributed by atoms with Gasteiger partial charge in [-0.3, -0.25) is 0 Å². The zero-order chi connectivity index (χ0) is 30.9. The van der Waals surface area contributed by atoms with Crippen molar-refractivity contribution in [2.45, 2.75) is 24.7 Å². The van der Waals surface area contributed by atoms with Gasteiger partial charge in [-0.1, -0.05) is 165 Å². The molecular formula is C42H42P3+. The average Bonchev–Trinajstić information content (AvgIpc) is 3.13. The molecule has 0 aliphatic rings. The van der Waals surface area contributed by atoms with E-state index in [1.165, 1.54) is 31.8 Å². The van der Waals surface area contributed by atoms with Gasteiger partial charge in [0.15, 0.2) is 0 Å². The van der Waals surface area contributed by atoms with E-state index in [4.69, 9.17) is 0 Å². The molecule has 45 heavy (non-hydrogen) atoms. The lowest BCUT2D eigenvalue weighted by atomic mass is 10.2. The van der Waals surface area contributed by atoms with Gasteiger partial charge in [-0.05, 0) is 67.7 Å². The molecule has 0 spiro atoms. The third-order valence-corrected chi connectivity index (χ3v) is 19.8. The molecular weight excluding hydrogens is 597 g/mol. The van der Waals surface area contributed by atoms with E-state index in [-0.39, 0.29) is 0 Å². The summed E-state index contributed by atoms with van der Waals surface area (Å²) in [4.78, 5) is 0. The topological polar surface area (TPSA) is 0 Å². The van der Waals surface area contributed by atoms with E-state index < -0.39 is 23.1 Å². The Bertz CT molecular complexity index is 1590. The van der Waals surface area contributed by atoms with Crippen molar-refractivity contribution in [3.63, 3.8) is 0 Å². The zero-order valence-corrected chi connectivity index (χ0v) is 28.9. The molecule has 0 radical (unpaired) electrons. The molecule has 0 amide bonds. The number of hydrogen-bond donors (Lipinski definition) is 0. The van der Waals surface area contributed by atoms with Gasteiger partial charge in [0.05, 0.1) is 30.2 Å². The van der Waals surface area contributed by atoms with E-state index in [1.54, 1.807) is 0 Å². The summed E-state index contributed by atoms with van der Waals surface area (Å²) in [6, 6.07) is 68.5. The van der Waals surface area contributed by atoms with E-state index in [9.17, 15) is 0 Å². The quantitative estimate of drug-likeness (QED) is 0.118. The van der Waals surface area contributed by atoms with Crippen molar-refractivity contribution in [3.05, 3.63) is 182 Å². The molecule has 0 aromatic heterocycles. The van der Waals surface area contributed by atoms with Crippen LogP contribution in [0.3, 0.4) is 0 Å². The van der Waals surface area contributed by atoms with Gasteiger partial charge < -0.3 is 0 Å². The van der Waals surface area contributed by atoms with Gasteiger partial charge in [-0.15, -0.1) is 0 Å². The van der Waals surface area contributed by atoms with E-state index in [0.717, 1.165) is 12.6 Å². The van der Waals surface area contributed by atoms with Gasteiger partial charge in [-0.2, -0.15) is 0 Å². The normalized spacial score (nSPS) is 13.1. The molecule has 6 aromatic rings. The predicted molar refractivity (Wildman–Crippen MR) is 206 cm³/mol. The van der Waals surface area contributed by atoms with Crippen LogP contribution in [-0.2, 0) is 0 Å². The van der Waals surface area contributed by atoms with Crippen molar-refractivity contribution >= 4 is 54.9 Å². The maximum absolute atomic E-state index is 2.65. The van der Waals surface area contributed by atoms with E-state index >= 15 is 0 Å². The summed E-state index contributed by atoms with van der Waals surface area (Å²) in [6.07, 6.45) is 2.27. The molecule has 2 unspecified atom stereocenters. The Balaban J connectivity index is 1.62. The summed E-state index contributed by atoms with van der Waals surface area (Å²) < 4.78 is 0. The zero-order valence-electron chi connectivity index (χ0n) is 26.2. The Morgan fingerprint density at radius 3 is 1.09 bits per heavy atom. The van der Waals surface area contributed by atoms with Crippen LogP contribution in [0, 0.1) is 0 Å². The van der Waals surface area contributed by atoms with Crippen LogP contribution in [0.25, 0.3) is 0 Å². The molecule has 0 saturated carbocycles. The van der Waals surface area contributed by atoms with Crippen LogP contribution in [0.15, 0.2) is 182 Å². The fraction of sp³-hybridized carbons (Fsp3) is 0.143. The first-order valence-electron chi connectivity index (χ1n) is 15.9. The van der Waals surface area contributed by atoms with Gasteiger partial charge in [0.1, 0.15) is 0 Å². The number of benzene rings is 6. The summed E-state index contributed by atoms with van der Waals surface area (Å²) in [7, 11) is -3.14. The maximum Gasteiger partial charge on any atom is 0.0992 e. The molecule has 2 atom stereocenters. The molecule has 0 aliphatic heterocycles. The molecule has 3 heteroatoms. The van der Waals surface area contributed by atoms with Crippen molar-refractivity contribution in [1.82, 2.24) is 0 Å². The first kappa shape index (κ1) is 31.6. The van der Waals surface area contributed by atoms with Gasteiger partial charge >= 0.3 is 0 Å². The number of rotatable bonds is 12. The third-order valence-electron chi connectivity index (χ3n) is 9.02. The van der Waals surface area contributed by atoms with Crippen molar-refractivity contribution < 1.29 is 0 Å². The van der Waals surface area contributed by atoms with Gasteiger partial charge in [0.2, 0.25) is 0 Å². The standard InChI is InChI=1S/C42H42P3/c1-3-41(44(37-26-14-6-15-27-37)38-28-16-7-17-29-38)42(34-43(35-22-10-4-11-23-35)36-24-12-5-13-25-36)45(2,39-30-18-8-19-31-39)40-32-20-9-21-33-40/h4-33,41-42H,3,34H2,1-2H3/q+1. The molecule has 0 N–H and O–H groups in total. The molecule has 0 fully saturated rings. The fourth-order valence-corrected chi connectivity index (χ4v) is 18.7. The van der Waals surface area contributed by atoms with Crippen LogP contribution in [-0.4, -0.2) is 24.1 Å². The molecule has 6 aromatic carbocycles. The SMILES string of the molecule is CCC(C(CP(c1ccccc1)c1ccccc1)[P+](C)(c1ccccc1)c1ccccc1)P(c1ccccc1)c1ccccc1. The summed E-state index contributed by atoms with van der Waals surface area (Å²) in [5, 5.41) is 8.91. The highest BCUT2D eigenvalue weighted by Gasteiger charge is 2.52. The summed E-state index contributed by atoms with van der Waals surface area (Å²) in [5.41, 5.74) is 0.950. The highest BCUT2D eigenvalue weighted by atomic mass is 31.2. The molecule has 0 nitrogen and oxygen atoms in total. The average molecular weight is 640 g/mol. The summed E-state index contributed by atoms with van der Waals surface area (Å²) in [6.45, 7) is 5.10. The van der Waals surface area contributed by atoms with Gasteiger partial charge in [-0.25, -0.2) is 0 Å². The highest BCUT2D eigenvalue weighted by molar-refractivity contribution is 7.91. The van der Waals surface area contributed by atoms with Crippen molar-refractivity contribution in [2.24, 2.45) is 0 Å². The van der Waals surface area contributed by atoms with Gasteiger partial charge in [0, 0.05) is 11.8 Å². The Kier molecular flexibility index (Phi) is 10.7. The van der Waals surface area contributed by atoms with Crippen molar-refractivity contribution in [3.8, 4) is 0 Å². The molecule has 224 valence electrons. The first-order chi connectivity index (χ1) is 22.2. The molecule has 0 saturated heterocycles. The largest absolute Gasteiger partial charge is 0.0992 e. The molecule has 0 bridgehead atoms. The minimum absolute atomic E-state index is 0.463. The second kappa shape index (κ2) is 15.3. The number of hydrogen-bond acceptors (Lipinski definition) is 0. The minimum Gasteiger partial charge on any atom is -0.0646 e. The van der Waals surface area contributed by atoms with Crippen LogP contribution in [0.5, 0.6) is 0 Å². The Hall–Kier alpha value is -3.39. The first-order valence-corrected chi connectivity index (χ1v) is 21.2. The lowest BCUT2D eigenvalue weighted by molar-refractivity contribution is 0.796. The molecule has 0 heterocycles. The van der Waals surface area contributed by atoms with Crippen LogP contribution in [0.1, 0.15) is 13.3 Å².